The van der Waals surface area contributed by atoms with Crippen molar-refractivity contribution >= 4 is 17.2 Å². The van der Waals surface area contributed by atoms with Crippen molar-refractivity contribution in [2.75, 3.05) is 13.6 Å². The molecule has 2 saturated heterocycles. The number of hydrogen-bond donors (Lipinski definition) is 0. The molecule has 1 amide bonds. The first-order chi connectivity index (χ1) is 13.0. The van der Waals surface area contributed by atoms with Crippen LogP contribution in [0.2, 0.25) is 0 Å². The number of likely N-dealkylation sites (tertiary alicyclic amines) is 2. The van der Waals surface area contributed by atoms with Gasteiger partial charge in [0.2, 0.25) is 0 Å². The van der Waals surface area contributed by atoms with Gasteiger partial charge in [-0.05, 0) is 51.8 Å². The summed E-state index contributed by atoms with van der Waals surface area (Å²) in [7, 11) is 2.26. The van der Waals surface area contributed by atoms with E-state index in [1.54, 1.807) is 6.20 Å². The van der Waals surface area contributed by atoms with Crippen molar-refractivity contribution in [2.45, 2.75) is 57.7 Å². The normalized spacial score (nSPS) is 32.7. The van der Waals surface area contributed by atoms with E-state index < -0.39 is 0 Å². The van der Waals surface area contributed by atoms with Gasteiger partial charge in [-0.1, -0.05) is 13.0 Å². The number of thiazole rings is 1. The maximum Gasteiger partial charge on any atom is 0.266 e. The zero-order valence-corrected chi connectivity index (χ0v) is 17.0. The molecule has 3 fully saturated rings. The third-order valence-corrected chi connectivity index (χ3v) is 8.31. The van der Waals surface area contributed by atoms with Crippen LogP contribution in [0.5, 0.6) is 0 Å². The fourth-order valence-electron chi connectivity index (χ4n) is 5.84. The number of aromatic nitrogens is 2. The summed E-state index contributed by atoms with van der Waals surface area (Å²) in [6.07, 6.45) is 6.61. The van der Waals surface area contributed by atoms with Crippen LogP contribution in [0.25, 0.3) is 10.7 Å². The lowest BCUT2D eigenvalue weighted by atomic mass is 9.66. The average molecular weight is 383 g/mol. The quantitative estimate of drug-likeness (QED) is 0.796. The molecular formula is C21H26N4OS. The number of pyridine rings is 1. The van der Waals surface area contributed by atoms with Crippen LogP contribution in [0, 0.1) is 12.3 Å². The molecule has 0 unspecified atom stereocenters. The van der Waals surface area contributed by atoms with Crippen LogP contribution in [0.4, 0.5) is 0 Å². The number of carbonyl (C=O) groups excluding carboxylic acids is 1. The lowest BCUT2D eigenvalue weighted by Gasteiger charge is -2.50. The molecule has 27 heavy (non-hydrogen) atoms. The van der Waals surface area contributed by atoms with E-state index in [9.17, 15) is 4.79 Å². The molecule has 0 N–H and O–H groups in total. The average Bonchev–Trinajstić information content (AvgIpc) is 3.18. The van der Waals surface area contributed by atoms with Crippen LogP contribution in [0.15, 0.2) is 24.4 Å². The first-order valence-corrected chi connectivity index (χ1v) is 10.7. The standard InChI is InChI=1S/C21H26N4OS/c1-13-18(27-19(23-13)15-7-4-5-10-22-15)20(26)25-12-14-11-21(2)16(24(14)3)8-6-9-17(21)25/h4-5,7,10,14,16-17H,6,8-9,11-12H2,1-3H3/t14-,16-,17+,21-/m0/s1. The van der Waals surface area contributed by atoms with Crippen LogP contribution < -0.4 is 0 Å². The van der Waals surface area contributed by atoms with Crippen LogP contribution in [0.3, 0.4) is 0 Å². The van der Waals surface area contributed by atoms with Gasteiger partial charge < -0.3 is 4.90 Å². The first-order valence-electron chi connectivity index (χ1n) is 9.91. The molecule has 1 aliphatic carbocycles. The lowest BCUT2D eigenvalue weighted by Crippen LogP contribution is -2.57. The second-order valence-corrected chi connectivity index (χ2v) is 9.60. The fraction of sp³-hybridized carbons (Fsp3) is 0.571. The van der Waals surface area contributed by atoms with Crippen LogP contribution in [-0.2, 0) is 0 Å². The second kappa shape index (κ2) is 6.11. The molecule has 1 saturated carbocycles. The predicted octanol–water partition coefficient (Wildman–Crippen LogP) is 3.60. The molecule has 2 aliphatic heterocycles. The first kappa shape index (κ1) is 17.3. The number of aryl methyl sites for hydroxylation is 1. The van der Waals surface area contributed by atoms with Crippen molar-refractivity contribution in [3.63, 3.8) is 0 Å². The Morgan fingerprint density at radius 2 is 2.11 bits per heavy atom. The van der Waals surface area contributed by atoms with Gasteiger partial charge in [0.05, 0.1) is 11.4 Å². The number of nitrogens with zero attached hydrogens (tertiary/aromatic N) is 4. The van der Waals surface area contributed by atoms with E-state index in [2.05, 4.69) is 33.7 Å². The molecule has 2 aromatic heterocycles. The van der Waals surface area contributed by atoms with Crippen molar-refractivity contribution < 1.29 is 4.79 Å². The Morgan fingerprint density at radius 3 is 2.89 bits per heavy atom. The van der Waals surface area contributed by atoms with Gasteiger partial charge in [-0.25, -0.2) is 4.98 Å². The Morgan fingerprint density at radius 1 is 1.30 bits per heavy atom. The van der Waals surface area contributed by atoms with E-state index in [4.69, 9.17) is 0 Å². The van der Waals surface area contributed by atoms with Crippen LogP contribution in [-0.4, -0.2) is 57.4 Å². The summed E-state index contributed by atoms with van der Waals surface area (Å²) < 4.78 is 0. The Labute approximate surface area is 164 Å². The summed E-state index contributed by atoms with van der Waals surface area (Å²) in [5, 5.41) is 0.835. The van der Waals surface area contributed by atoms with E-state index in [0.717, 1.165) is 34.2 Å². The maximum absolute atomic E-state index is 13.6. The van der Waals surface area contributed by atoms with Crippen molar-refractivity contribution in [1.29, 1.82) is 0 Å². The van der Waals surface area contributed by atoms with E-state index in [1.165, 1.54) is 30.6 Å². The summed E-state index contributed by atoms with van der Waals surface area (Å²) in [6, 6.07) is 7.27. The molecule has 4 atom stereocenters. The minimum atomic E-state index is 0.170. The highest BCUT2D eigenvalue weighted by atomic mass is 32.1. The van der Waals surface area contributed by atoms with E-state index in [0.29, 0.717) is 18.1 Å². The summed E-state index contributed by atoms with van der Waals surface area (Å²) >= 11 is 1.49. The van der Waals surface area contributed by atoms with Crippen LogP contribution >= 0.6 is 11.3 Å². The molecule has 2 aromatic rings. The SMILES string of the molecule is Cc1nc(-c2ccccn2)sc1C(=O)N1C[C@@H]2C[C@@]3(C)[C@H](CCC[C@@H]13)N2C. The summed E-state index contributed by atoms with van der Waals surface area (Å²) in [4.78, 5) is 28.2. The van der Waals surface area contributed by atoms with Gasteiger partial charge in [-0.15, -0.1) is 11.3 Å². The Hall–Kier alpha value is -1.79. The maximum atomic E-state index is 13.6. The number of fused-ring (bicyclic) bond motifs is 1. The Kier molecular flexibility index (Phi) is 3.92. The van der Waals surface area contributed by atoms with Crippen molar-refractivity contribution in [2.24, 2.45) is 5.41 Å². The summed E-state index contributed by atoms with van der Waals surface area (Å²) in [5.41, 5.74) is 1.90. The topological polar surface area (TPSA) is 49.3 Å². The van der Waals surface area contributed by atoms with E-state index in [-0.39, 0.29) is 11.3 Å². The van der Waals surface area contributed by atoms with E-state index in [1.807, 2.05) is 25.1 Å². The molecular weight excluding hydrogens is 356 g/mol. The van der Waals surface area contributed by atoms with Gasteiger partial charge in [0.1, 0.15) is 9.88 Å². The molecule has 2 bridgehead atoms. The fourth-order valence-corrected chi connectivity index (χ4v) is 6.84. The zero-order chi connectivity index (χ0) is 18.8. The van der Waals surface area contributed by atoms with Crippen molar-refractivity contribution in [3.8, 4) is 10.7 Å². The molecule has 5 rings (SSSR count). The van der Waals surface area contributed by atoms with Gasteiger partial charge in [0, 0.05) is 36.3 Å². The minimum absolute atomic E-state index is 0.170. The highest BCUT2D eigenvalue weighted by Crippen LogP contribution is 2.54. The number of carbonyl (C=O) groups is 1. The molecule has 0 spiro atoms. The summed E-state index contributed by atoms with van der Waals surface area (Å²) in [5.74, 6) is 0.170. The molecule has 0 radical (unpaired) electrons. The van der Waals surface area contributed by atoms with Gasteiger partial charge >= 0.3 is 0 Å². The predicted molar refractivity (Wildman–Crippen MR) is 107 cm³/mol. The molecule has 3 aliphatic rings. The second-order valence-electron chi connectivity index (χ2n) is 8.60. The number of piperidine rings is 1. The van der Waals surface area contributed by atoms with Crippen LogP contribution in [0.1, 0.15) is 48.0 Å². The monoisotopic (exact) mass is 382 g/mol. The smallest absolute Gasteiger partial charge is 0.266 e. The van der Waals surface area contributed by atoms with Gasteiger partial charge in [0.25, 0.3) is 5.91 Å². The molecule has 5 nitrogen and oxygen atoms in total. The minimum Gasteiger partial charge on any atom is -0.333 e. The molecule has 142 valence electrons. The Bertz CT molecular complexity index is 882. The van der Waals surface area contributed by atoms with Crippen molar-refractivity contribution in [1.82, 2.24) is 19.8 Å². The molecule has 4 heterocycles. The largest absolute Gasteiger partial charge is 0.333 e. The van der Waals surface area contributed by atoms with Gasteiger partial charge in [0.15, 0.2) is 0 Å². The molecule has 0 aromatic carbocycles. The third kappa shape index (κ3) is 2.49. The zero-order valence-electron chi connectivity index (χ0n) is 16.2. The van der Waals surface area contributed by atoms with E-state index >= 15 is 0 Å². The van der Waals surface area contributed by atoms with Crippen molar-refractivity contribution in [3.05, 3.63) is 35.0 Å². The highest BCUT2D eigenvalue weighted by Gasteiger charge is 2.59. The number of rotatable bonds is 2. The lowest BCUT2D eigenvalue weighted by molar-refractivity contribution is 0.0120. The Balaban J connectivity index is 1.49. The number of amides is 1. The summed E-state index contributed by atoms with van der Waals surface area (Å²) in [6.45, 7) is 5.21. The highest BCUT2D eigenvalue weighted by molar-refractivity contribution is 7.17. The van der Waals surface area contributed by atoms with Gasteiger partial charge in [-0.3, -0.25) is 14.7 Å². The number of likely N-dealkylation sites (N-methyl/N-ethyl adjacent to an activating group) is 1. The number of hydrogen-bond acceptors (Lipinski definition) is 5. The third-order valence-electron chi connectivity index (χ3n) is 7.14. The van der Waals surface area contributed by atoms with Gasteiger partial charge in [-0.2, -0.15) is 0 Å². The molecule has 6 heteroatoms.